The Morgan fingerprint density at radius 3 is 2.30 bits per heavy atom. The standard InChI is InChI=1S/C5H11FN2.2ClH/c6-3-5-1-2-8(7)4-5;;/h5H,1-4,7H2;2*1H. The molecule has 0 bridgehead atoms. The molecule has 1 saturated heterocycles. The molecule has 1 heterocycles. The van der Waals surface area contributed by atoms with E-state index in [1.54, 1.807) is 5.01 Å². The lowest BCUT2D eigenvalue weighted by molar-refractivity contribution is 0.311. The first-order chi connectivity index (χ1) is 3.83. The summed E-state index contributed by atoms with van der Waals surface area (Å²) < 4.78 is 11.8. The Hall–Kier alpha value is 0.430. The van der Waals surface area contributed by atoms with Gasteiger partial charge in [-0.2, -0.15) is 0 Å². The van der Waals surface area contributed by atoms with E-state index >= 15 is 0 Å². The van der Waals surface area contributed by atoms with E-state index in [0.717, 1.165) is 19.5 Å². The van der Waals surface area contributed by atoms with Gasteiger partial charge in [-0.3, -0.25) is 10.2 Å². The van der Waals surface area contributed by atoms with Crippen molar-refractivity contribution in [3.8, 4) is 0 Å². The molecule has 10 heavy (non-hydrogen) atoms. The van der Waals surface area contributed by atoms with Crippen molar-refractivity contribution in [1.82, 2.24) is 5.01 Å². The molecule has 0 aromatic rings. The zero-order valence-corrected chi connectivity index (χ0v) is 7.26. The first kappa shape index (κ1) is 13.1. The lowest BCUT2D eigenvalue weighted by Gasteiger charge is -2.04. The second kappa shape index (κ2) is 6.16. The Labute approximate surface area is 72.7 Å². The monoisotopic (exact) mass is 190 g/mol. The Bertz CT molecular complexity index is 84.0. The van der Waals surface area contributed by atoms with E-state index in [2.05, 4.69) is 0 Å². The van der Waals surface area contributed by atoms with Crippen molar-refractivity contribution in [3.63, 3.8) is 0 Å². The largest absolute Gasteiger partial charge is 0.269 e. The van der Waals surface area contributed by atoms with Gasteiger partial charge in [-0.15, -0.1) is 24.8 Å². The van der Waals surface area contributed by atoms with Crippen LogP contribution in [0.5, 0.6) is 0 Å². The summed E-state index contributed by atoms with van der Waals surface area (Å²) >= 11 is 0. The third kappa shape index (κ3) is 3.56. The van der Waals surface area contributed by atoms with Crippen LogP contribution in [-0.4, -0.2) is 24.8 Å². The maximum absolute atomic E-state index is 11.8. The number of nitrogens with zero attached hydrogens (tertiary/aromatic N) is 1. The fourth-order valence-electron chi connectivity index (χ4n) is 0.989. The predicted octanol–water partition coefficient (Wildman–Crippen LogP) is 0.995. The van der Waals surface area contributed by atoms with Crippen molar-refractivity contribution in [1.29, 1.82) is 0 Å². The summed E-state index contributed by atoms with van der Waals surface area (Å²) in [6, 6.07) is 0. The van der Waals surface area contributed by atoms with E-state index in [0.29, 0.717) is 0 Å². The quantitative estimate of drug-likeness (QED) is 0.626. The topological polar surface area (TPSA) is 29.3 Å². The summed E-state index contributed by atoms with van der Waals surface area (Å²) in [5.41, 5.74) is 0. The van der Waals surface area contributed by atoms with E-state index in [9.17, 15) is 4.39 Å². The Kier molecular flexibility index (Phi) is 8.04. The number of nitrogens with two attached hydrogens (primary N) is 1. The normalized spacial score (nSPS) is 25.2. The Balaban J connectivity index is 0. The minimum Gasteiger partial charge on any atom is -0.269 e. The average molecular weight is 191 g/mol. The summed E-state index contributed by atoms with van der Waals surface area (Å²) in [5.74, 6) is 5.58. The number of alkyl halides is 1. The van der Waals surface area contributed by atoms with Gasteiger partial charge in [0.2, 0.25) is 0 Å². The van der Waals surface area contributed by atoms with Crippen LogP contribution in [0.3, 0.4) is 0 Å². The Morgan fingerprint density at radius 2 is 2.10 bits per heavy atom. The molecule has 0 radical (unpaired) electrons. The molecule has 5 heteroatoms. The van der Waals surface area contributed by atoms with Crippen molar-refractivity contribution < 1.29 is 4.39 Å². The molecule has 1 aliphatic heterocycles. The third-order valence-electron chi connectivity index (χ3n) is 1.54. The highest BCUT2D eigenvalue weighted by Gasteiger charge is 2.18. The van der Waals surface area contributed by atoms with Gasteiger partial charge in [-0.25, -0.2) is 5.01 Å². The van der Waals surface area contributed by atoms with Gasteiger partial charge in [0.15, 0.2) is 0 Å². The van der Waals surface area contributed by atoms with Crippen molar-refractivity contribution in [3.05, 3.63) is 0 Å². The van der Waals surface area contributed by atoms with Gasteiger partial charge >= 0.3 is 0 Å². The van der Waals surface area contributed by atoms with Crippen LogP contribution in [0.4, 0.5) is 4.39 Å². The summed E-state index contributed by atoms with van der Waals surface area (Å²) in [4.78, 5) is 0. The molecule has 1 fully saturated rings. The van der Waals surface area contributed by atoms with Crippen LogP contribution in [0, 0.1) is 5.92 Å². The smallest absolute Gasteiger partial charge is 0.0935 e. The summed E-state index contributed by atoms with van der Waals surface area (Å²) in [7, 11) is 0. The van der Waals surface area contributed by atoms with Crippen LogP contribution in [0.2, 0.25) is 0 Å². The van der Waals surface area contributed by atoms with Crippen LogP contribution >= 0.6 is 24.8 Å². The molecule has 0 saturated carbocycles. The molecule has 0 amide bonds. The molecule has 0 aliphatic carbocycles. The van der Waals surface area contributed by atoms with Crippen molar-refractivity contribution in [2.24, 2.45) is 11.8 Å². The lowest BCUT2D eigenvalue weighted by Crippen LogP contribution is -2.28. The van der Waals surface area contributed by atoms with Gasteiger partial charge in [0.1, 0.15) is 0 Å². The number of rotatable bonds is 1. The minimum absolute atomic E-state index is 0. The number of halogens is 3. The van der Waals surface area contributed by atoms with Crippen LogP contribution in [0.15, 0.2) is 0 Å². The van der Waals surface area contributed by atoms with Crippen LogP contribution < -0.4 is 5.84 Å². The van der Waals surface area contributed by atoms with E-state index < -0.39 is 0 Å². The second-order valence-corrected chi connectivity index (χ2v) is 2.30. The molecule has 2 nitrogen and oxygen atoms in total. The van der Waals surface area contributed by atoms with Gasteiger partial charge in [-0.05, 0) is 6.42 Å². The molecular formula is C5H13Cl2FN2. The zero-order valence-electron chi connectivity index (χ0n) is 5.62. The zero-order chi connectivity index (χ0) is 5.98. The van der Waals surface area contributed by atoms with Gasteiger partial charge in [0.25, 0.3) is 0 Å². The predicted molar refractivity (Wildman–Crippen MR) is 44.3 cm³/mol. The summed E-state index contributed by atoms with van der Waals surface area (Å²) in [6.07, 6.45) is 0.924. The number of hydrazine groups is 1. The van der Waals surface area contributed by atoms with E-state index in [4.69, 9.17) is 5.84 Å². The number of hydrogen-bond acceptors (Lipinski definition) is 2. The highest BCUT2D eigenvalue weighted by atomic mass is 35.5. The SMILES string of the molecule is Cl.Cl.NN1CCC(CF)C1. The van der Waals surface area contributed by atoms with Crippen LogP contribution in [0.25, 0.3) is 0 Å². The van der Waals surface area contributed by atoms with Gasteiger partial charge in [0, 0.05) is 19.0 Å². The lowest BCUT2D eigenvalue weighted by atomic mass is 10.1. The Morgan fingerprint density at radius 1 is 1.50 bits per heavy atom. The van der Waals surface area contributed by atoms with E-state index in [1.165, 1.54) is 0 Å². The maximum Gasteiger partial charge on any atom is 0.0935 e. The van der Waals surface area contributed by atoms with E-state index in [1.807, 2.05) is 0 Å². The fraction of sp³-hybridized carbons (Fsp3) is 1.00. The molecule has 64 valence electrons. The van der Waals surface area contributed by atoms with Crippen molar-refractivity contribution in [2.45, 2.75) is 6.42 Å². The molecule has 0 aromatic heterocycles. The fourth-order valence-corrected chi connectivity index (χ4v) is 0.989. The summed E-state index contributed by atoms with van der Waals surface area (Å²) in [5, 5.41) is 1.67. The highest BCUT2D eigenvalue weighted by molar-refractivity contribution is 5.85. The van der Waals surface area contributed by atoms with Gasteiger partial charge in [0.05, 0.1) is 6.67 Å². The molecule has 1 unspecified atom stereocenters. The van der Waals surface area contributed by atoms with Crippen molar-refractivity contribution >= 4 is 24.8 Å². The average Bonchev–Trinajstić information content (AvgIpc) is 2.14. The molecule has 1 atom stereocenters. The van der Waals surface area contributed by atoms with E-state index in [-0.39, 0.29) is 37.4 Å². The molecule has 2 N–H and O–H groups in total. The minimum atomic E-state index is -0.215. The second-order valence-electron chi connectivity index (χ2n) is 2.30. The summed E-state index contributed by atoms with van der Waals surface area (Å²) in [6.45, 7) is 1.37. The molecule has 0 aromatic carbocycles. The molecule has 1 rings (SSSR count). The van der Waals surface area contributed by atoms with Crippen molar-refractivity contribution in [2.75, 3.05) is 19.8 Å². The maximum atomic E-state index is 11.8. The molecular weight excluding hydrogens is 178 g/mol. The van der Waals surface area contributed by atoms with Crippen LogP contribution in [-0.2, 0) is 0 Å². The first-order valence-corrected chi connectivity index (χ1v) is 2.88. The van der Waals surface area contributed by atoms with Gasteiger partial charge < -0.3 is 0 Å². The first-order valence-electron chi connectivity index (χ1n) is 2.88. The van der Waals surface area contributed by atoms with Gasteiger partial charge in [-0.1, -0.05) is 0 Å². The van der Waals surface area contributed by atoms with Crippen LogP contribution in [0.1, 0.15) is 6.42 Å². The highest BCUT2D eigenvalue weighted by Crippen LogP contribution is 2.12. The third-order valence-corrected chi connectivity index (χ3v) is 1.54. The molecule has 0 spiro atoms. The molecule has 1 aliphatic rings. The number of hydrogen-bond donors (Lipinski definition) is 1.